The lowest BCUT2D eigenvalue weighted by Crippen LogP contribution is -2.48. The van der Waals surface area contributed by atoms with Crippen LogP contribution >= 0.6 is 0 Å². The normalized spacial score (nSPS) is 16.6. The third-order valence-electron chi connectivity index (χ3n) is 6.18. The summed E-state index contributed by atoms with van der Waals surface area (Å²) in [6, 6.07) is 19.8. The Morgan fingerprint density at radius 1 is 0.861 bits per heavy atom. The Kier molecular flexibility index (Phi) is 7.99. The van der Waals surface area contributed by atoms with E-state index in [1.54, 1.807) is 24.3 Å². The Morgan fingerprint density at radius 3 is 2.03 bits per heavy atom. The number of halogens is 3. The molecular weight excluding hydrogens is 491 g/mol. The Hall–Kier alpha value is -2.92. The molecule has 1 aliphatic rings. The Labute approximate surface area is 209 Å². The number of piperazine rings is 1. The van der Waals surface area contributed by atoms with E-state index in [4.69, 9.17) is 4.74 Å². The number of alkyl halides is 3. The van der Waals surface area contributed by atoms with Crippen LogP contribution in [0.2, 0.25) is 0 Å². The molecule has 3 aromatic rings. The summed E-state index contributed by atoms with van der Waals surface area (Å²) in [7, 11) is -1.86. The van der Waals surface area contributed by atoms with E-state index in [2.05, 4.69) is 14.5 Å². The lowest BCUT2D eigenvalue weighted by molar-refractivity contribution is -0.137. The smallest absolute Gasteiger partial charge is 0.416 e. The monoisotopic (exact) mass is 519 g/mol. The van der Waals surface area contributed by atoms with Crippen molar-refractivity contribution in [2.75, 3.05) is 39.8 Å². The van der Waals surface area contributed by atoms with Crippen LogP contribution in [0, 0.1) is 0 Å². The second-order valence-corrected chi connectivity index (χ2v) is 10.5. The fraction of sp³-hybridized carbons (Fsp3) is 0.308. The highest BCUT2D eigenvalue weighted by Gasteiger charge is 2.31. The molecule has 0 amide bonds. The Bertz CT molecular complexity index is 1230. The van der Waals surface area contributed by atoms with Gasteiger partial charge in [0.15, 0.2) is 0 Å². The van der Waals surface area contributed by atoms with Crippen molar-refractivity contribution in [1.82, 2.24) is 14.5 Å². The molecule has 0 saturated carbocycles. The summed E-state index contributed by atoms with van der Waals surface area (Å²) in [5.74, 6) is 1.14. The summed E-state index contributed by atoms with van der Waals surface area (Å²) in [5.41, 5.74) is -0.108. The van der Waals surface area contributed by atoms with Gasteiger partial charge in [0.25, 0.3) is 0 Å². The first kappa shape index (κ1) is 26.2. The fourth-order valence-corrected chi connectivity index (χ4v) is 5.11. The third-order valence-corrected chi connectivity index (χ3v) is 7.62. The van der Waals surface area contributed by atoms with Crippen molar-refractivity contribution in [3.63, 3.8) is 0 Å². The van der Waals surface area contributed by atoms with E-state index in [1.165, 1.54) is 24.3 Å². The number of hydrogen-bond donors (Lipinski definition) is 1. The topological polar surface area (TPSA) is 61.9 Å². The van der Waals surface area contributed by atoms with Crippen molar-refractivity contribution in [3.05, 3.63) is 90.0 Å². The molecule has 3 aromatic carbocycles. The molecule has 10 heteroatoms. The summed E-state index contributed by atoms with van der Waals surface area (Å²) in [6.45, 7) is 2.95. The van der Waals surface area contributed by atoms with Gasteiger partial charge >= 0.3 is 6.18 Å². The third kappa shape index (κ3) is 6.64. The SMILES string of the molecule is CN1CCN(C(CNS(=O)(=O)c2ccc(Oc3ccccc3)cc2)c2ccc(C(F)(F)F)cc2)CC1. The number of nitrogens with zero attached hydrogens (tertiary/aromatic N) is 2. The van der Waals surface area contributed by atoms with Crippen LogP contribution in [0.1, 0.15) is 17.2 Å². The summed E-state index contributed by atoms with van der Waals surface area (Å²) in [4.78, 5) is 4.33. The van der Waals surface area contributed by atoms with E-state index in [0.717, 1.165) is 25.2 Å². The molecule has 1 N–H and O–H groups in total. The van der Waals surface area contributed by atoms with Crippen molar-refractivity contribution in [3.8, 4) is 11.5 Å². The van der Waals surface area contributed by atoms with Gasteiger partial charge in [-0.3, -0.25) is 4.90 Å². The van der Waals surface area contributed by atoms with Crippen molar-refractivity contribution >= 4 is 10.0 Å². The van der Waals surface area contributed by atoms with Crippen LogP contribution in [0.3, 0.4) is 0 Å². The average molecular weight is 520 g/mol. The van der Waals surface area contributed by atoms with E-state index in [1.807, 2.05) is 25.2 Å². The number of sulfonamides is 1. The molecule has 0 aliphatic carbocycles. The first-order chi connectivity index (χ1) is 17.1. The second-order valence-electron chi connectivity index (χ2n) is 8.71. The van der Waals surface area contributed by atoms with Gasteiger partial charge in [0.2, 0.25) is 10.0 Å². The number of hydrogen-bond acceptors (Lipinski definition) is 5. The molecule has 36 heavy (non-hydrogen) atoms. The van der Waals surface area contributed by atoms with Crippen LogP contribution in [-0.4, -0.2) is 58.0 Å². The zero-order valence-corrected chi connectivity index (χ0v) is 20.6. The maximum absolute atomic E-state index is 13.0. The molecule has 4 rings (SSSR count). The molecule has 1 saturated heterocycles. The molecule has 6 nitrogen and oxygen atoms in total. The molecule has 1 aliphatic heterocycles. The van der Waals surface area contributed by atoms with Gasteiger partial charge in [-0.25, -0.2) is 13.1 Å². The summed E-state index contributed by atoms with van der Waals surface area (Å²) >= 11 is 0. The molecule has 1 heterocycles. The summed E-state index contributed by atoms with van der Waals surface area (Å²) in [5, 5.41) is 0. The van der Waals surface area contributed by atoms with Crippen molar-refractivity contribution < 1.29 is 26.3 Å². The summed E-state index contributed by atoms with van der Waals surface area (Å²) in [6.07, 6.45) is -4.43. The van der Waals surface area contributed by atoms with E-state index in [0.29, 0.717) is 30.2 Å². The predicted molar refractivity (Wildman–Crippen MR) is 131 cm³/mol. The minimum absolute atomic E-state index is 0.0275. The minimum atomic E-state index is -4.43. The molecule has 1 unspecified atom stereocenters. The van der Waals surface area contributed by atoms with Crippen molar-refractivity contribution in [2.24, 2.45) is 0 Å². The molecule has 0 aromatic heterocycles. The molecule has 1 atom stereocenters. The highest BCUT2D eigenvalue weighted by atomic mass is 32.2. The molecule has 1 fully saturated rings. The molecule has 0 radical (unpaired) electrons. The highest BCUT2D eigenvalue weighted by molar-refractivity contribution is 7.89. The van der Waals surface area contributed by atoms with Crippen LogP contribution < -0.4 is 9.46 Å². The Morgan fingerprint density at radius 2 is 1.44 bits per heavy atom. The maximum Gasteiger partial charge on any atom is 0.416 e. The second kappa shape index (κ2) is 11.0. The van der Waals surface area contributed by atoms with Crippen LogP contribution in [0.25, 0.3) is 0 Å². The van der Waals surface area contributed by atoms with Crippen LogP contribution in [0.15, 0.2) is 83.8 Å². The average Bonchev–Trinajstić information content (AvgIpc) is 2.86. The van der Waals surface area contributed by atoms with Crippen LogP contribution in [0.5, 0.6) is 11.5 Å². The molecule has 0 spiro atoms. The van der Waals surface area contributed by atoms with E-state index in [-0.39, 0.29) is 11.4 Å². The standard InChI is InChI=1S/C26H28F3N3O3S/c1-31-15-17-32(18-16-31)25(20-7-9-21(10-8-20)26(27,28)29)19-30-36(33,34)24-13-11-23(12-14-24)35-22-5-3-2-4-6-22/h2-14,25,30H,15-19H2,1H3. The Balaban J connectivity index is 1.48. The van der Waals surface area contributed by atoms with Gasteiger partial charge in [0.1, 0.15) is 11.5 Å². The number of nitrogens with one attached hydrogen (secondary N) is 1. The number of likely N-dealkylation sites (N-methyl/N-ethyl adjacent to an activating group) is 1. The lowest BCUT2D eigenvalue weighted by atomic mass is 10.0. The van der Waals surface area contributed by atoms with Gasteiger partial charge in [-0.05, 0) is 61.1 Å². The van der Waals surface area contributed by atoms with Gasteiger partial charge in [-0.2, -0.15) is 13.2 Å². The molecule has 192 valence electrons. The number of rotatable bonds is 8. The van der Waals surface area contributed by atoms with Crippen molar-refractivity contribution in [1.29, 1.82) is 0 Å². The van der Waals surface area contributed by atoms with E-state index in [9.17, 15) is 21.6 Å². The highest BCUT2D eigenvalue weighted by Crippen LogP contribution is 2.31. The van der Waals surface area contributed by atoms with Gasteiger partial charge in [-0.1, -0.05) is 30.3 Å². The van der Waals surface area contributed by atoms with Crippen LogP contribution in [-0.2, 0) is 16.2 Å². The van der Waals surface area contributed by atoms with Gasteiger partial charge in [0, 0.05) is 38.8 Å². The first-order valence-corrected chi connectivity index (χ1v) is 13.0. The van der Waals surface area contributed by atoms with E-state index < -0.39 is 27.8 Å². The summed E-state index contributed by atoms with van der Waals surface area (Å²) < 4.78 is 73.6. The van der Waals surface area contributed by atoms with Gasteiger partial charge in [0.05, 0.1) is 10.5 Å². The maximum atomic E-state index is 13.0. The molecular formula is C26H28F3N3O3S. The zero-order valence-electron chi connectivity index (χ0n) is 19.8. The quantitative estimate of drug-likeness (QED) is 0.465. The van der Waals surface area contributed by atoms with Gasteiger partial charge < -0.3 is 9.64 Å². The molecule has 0 bridgehead atoms. The number of ether oxygens (including phenoxy) is 1. The lowest BCUT2D eigenvalue weighted by Gasteiger charge is -2.38. The largest absolute Gasteiger partial charge is 0.457 e. The van der Waals surface area contributed by atoms with Gasteiger partial charge in [-0.15, -0.1) is 0 Å². The number of benzene rings is 3. The van der Waals surface area contributed by atoms with Crippen molar-refractivity contribution in [2.45, 2.75) is 17.1 Å². The fourth-order valence-electron chi connectivity index (χ4n) is 4.07. The van der Waals surface area contributed by atoms with Crippen LogP contribution in [0.4, 0.5) is 13.2 Å². The first-order valence-electron chi connectivity index (χ1n) is 11.5. The minimum Gasteiger partial charge on any atom is -0.457 e. The number of para-hydroxylation sites is 1. The van der Waals surface area contributed by atoms with E-state index >= 15 is 0 Å². The predicted octanol–water partition coefficient (Wildman–Crippen LogP) is 4.76. The zero-order chi connectivity index (χ0) is 25.8.